The lowest BCUT2D eigenvalue weighted by Crippen LogP contribution is -2.11. The van der Waals surface area contributed by atoms with Gasteiger partial charge >= 0.3 is 0 Å². The summed E-state index contributed by atoms with van der Waals surface area (Å²) in [5, 5.41) is 0. The lowest BCUT2D eigenvalue weighted by Gasteiger charge is -2.16. The van der Waals surface area contributed by atoms with Crippen LogP contribution in [0.15, 0.2) is 48.5 Å². The third kappa shape index (κ3) is 3.18. The van der Waals surface area contributed by atoms with Gasteiger partial charge in [0.05, 0.1) is 9.52 Å². The first-order chi connectivity index (χ1) is 8.70. The normalized spacial score (nSPS) is 11.6. The maximum Gasteiger partial charge on any atom is 0.123 e. The molecule has 2 aromatic carbocycles. The maximum absolute atomic E-state index is 12.9. The van der Waals surface area contributed by atoms with E-state index in [1.807, 2.05) is 0 Å². The molecule has 0 fully saturated rings. The second-order valence-electron chi connectivity index (χ2n) is 4.13. The Balaban J connectivity index is 2.33. The molecule has 0 N–H and O–H groups in total. The number of alkyl halides is 1. The van der Waals surface area contributed by atoms with Gasteiger partial charge in [-0.1, -0.05) is 24.3 Å². The van der Waals surface area contributed by atoms with E-state index in [2.05, 4.69) is 0 Å². The molecule has 0 aliphatic carbocycles. The third-order valence-electron chi connectivity index (χ3n) is 2.94. The molecule has 94 valence electrons. The molecule has 0 heterocycles. The van der Waals surface area contributed by atoms with Crippen molar-refractivity contribution in [1.29, 1.82) is 0 Å². The van der Waals surface area contributed by atoms with E-state index >= 15 is 0 Å². The molecule has 0 amide bonds. The van der Waals surface area contributed by atoms with Gasteiger partial charge in [-0.05, 0) is 40.9 Å². The third-order valence-corrected chi connectivity index (χ3v) is 5.34. The lowest BCUT2D eigenvalue weighted by molar-refractivity contribution is 0.626. The van der Waals surface area contributed by atoms with Gasteiger partial charge in [-0.3, -0.25) is 0 Å². The Hall–Kier alpha value is -1.19. The van der Waals surface area contributed by atoms with Crippen molar-refractivity contribution < 1.29 is 8.78 Å². The van der Waals surface area contributed by atoms with Crippen molar-refractivity contribution in [2.45, 2.75) is 5.54 Å². The molecule has 18 heavy (non-hydrogen) atoms. The highest BCUT2D eigenvalue weighted by molar-refractivity contribution is 6.52. The maximum atomic E-state index is 12.9. The average Bonchev–Trinajstić information content (AvgIpc) is 2.39. The minimum absolute atomic E-state index is 0.212. The summed E-state index contributed by atoms with van der Waals surface area (Å²) in [6.07, 6.45) is 0. The zero-order valence-corrected chi connectivity index (χ0v) is 11.9. The summed E-state index contributed by atoms with van der Waals surface area (Å²) in [6, 6.07) is 12.9. The smallest absolute Gasteiger partial charge is 0.123 e. The zero-order valence-electron chi connectivity index (χ0n) is 9.74. The molecule has 2 rings (SSSR count). The minimum Gasteiger partial charge on any atom is -0.207 e. The molecule has 0 saturated carbocycles. The standard InChI is InChI=1S/C14H13ClF2Si/c15-9-18-14(10-1-5-12(16)6-2-10)11-3-7-13(17)8-4-11/h1-8,14H,9,18H2. The Bertz CT molecular complexity index is 451. The van der Waals surface area contributed by atoms with Crippen LogP contribution in [0.4, 0.5) is 8.78 Å². The number of hydrogen-bond donors (Lipinski definition) is 0. The molecule has 0 nitrogen and oxygen atoms in total. The van der Waals surface area contributed by atoms with Crippen LogP contribution in [0.3, 0.4) is 0 Å². The molecule has 4 heteroatoms. The lowest BCUT2D eigenvalue weighted by atomic mass is 10.0. The summed E-state index contributed by atoms with van der Waals surface area (Å²) in [6.45, 7) is 0. The fraction of sp³-hybridized carbons (Fsp3) is 0.143. The molecule has 0 aliphatic rings. The summed E-state index contributed by atoms with van der Waals surface area (Å²) in [5.41, 5.74) is 2.95. The predicted octanol–water partition coefficient (Wildman–Crippen LogP) is 3.42. The molecule has 0 saturated heterocycles. The van der Waals surface area contributed by atoms with Crippen molar-refractivity contribution in [2.24, 2.45) is 0 Å². The van der Waals surface area contributed by atoms with E-state index < -0.39 is 9.52 Å². The van der Waals surface area contributed by atoms with Crippen LogP contribution in [-0.2, 0) is 0 Å². The van der Waals surface area contributed by atoms with Crippen molar-refractivity contribution in [3.05, 3.63) is 71.3 Å². The Morgan fingerprint density at radius 3 is 1.56 bits per heavy atom. The van der Waals surface area contributed by atoms with Crippen molar-refractivity contribution in [1.82, 2.24) is 0 Å². The van der Waals surface area contributed by atoms with E-state index in [0.717, 1.165) is 11.1 Å². The number of hydrogen-bond acceptors (Lipinski definition) is 0. The first-order valence-corrected chi connectivity index (χ1v) is 8.12. The van der Waals surface area contributed by atoms with Crippen LogP contribution in [-0.4, -0.2) is 15.0 Å². The second-order valence-corrected chi connectivity index (χ2v) is 7.04. The average molecular weight is 283 g/mol. The summed E-state index contributed by atoms with van der Waals surface area (Å²) in [7, 11) is -0.565. The van der Waals surface area contributed by atoms with Gasteiger partial charge in [0.1, 0.15) is 11.6 Å². The zero-order chi connectivity index (χ0) is 13.0. The predicted molar refractivity (Wildman–Crippen MR) is 73.9 cm³/mol. The Labute approximate surface area is 112 Å². The monoisotopic (exact) mass is 282 g/mol. The SMILES string of the molecule is Fc1ccc(C([SiH2]CCl)c2ccc(F)cc2)cc1. The fourth-order valence-electron chi connectivity index (χ4n) is 2.03. The van der Waals surface area contributed by atoms with Crippen LogP contribution < -0.4 is 0 Å². The Morgan fingerprint density at radius 1 is 0.833 bits per heavy atom. The molecule has 0 aromatic heterocycles. The van der Waals surface area contributed by atoms with Gasteiger partial charge in [0.25, 0.3) is 0 Å². The van der Waals surface area contributed by atoms with Crippen LogP contribution in [0.25, 0.3) is 0 Å². The summed E-state index contributed by atoms with van der Waals surface area (Å²) >= 11 is 5.87. The quantitative estimate of drug-likeness (QED) is 0.595. The molecule has 0 atom stereocenters. The van der Waals surface area contributed by atoms with E-state index in [-0.39, 0.29) is 17.2 Å². The molecule has 0 radical (unpaired) electrons. The van der Waals surface area contributed by atoms with E-state index in [4.69, 9.17) is 11.6 Å². The van der Waals surface area contributed by atoms with Gasteiger partial charge in [-0.15, -0.1) is 11.6 Å². The van der Waals surface area contributed by atoms with Crippen LogP contribution in [0, 0.1) is 11.6 Å². The first kappa shape index (κ1) is 13.2. The summed E-state index contributed by atoms with van der Waals surface area (Å²) in [4.78, 5) is 0. The highest BCUT2D eigenvalue weighted by atomic mass is 35.5. The summed E-state index contributed by atoms with van der Waals surface area (Å²) in [5.74, 6) is -0.492. The van der Waals surface area contributed by atoms with Crippen molar-refractivity contribution in [2.75, 3.05) is 5.50 Å². The van der Waals surface area contributed by atoms with Gasteiger partial charge in [0.15, 0.2) is 0 Å². The highest BCUT2D eigenvalue weighted by Crippen LogP contribution is 2.24. The number of rotatable bonds is 4. The minimum atomic E-state index is -0.565. The summed E-state index contributed by atoms with van der Waals surface area (Å²) < 4.78 is 25.9. The van der Waals surface area contributed by atoms with Crippen LogP contribution in [0.1, 0.15) is 16.7 Å². The largest absolute Gasteiger partial charge is 0.207 e. The van der Waals surface area contributed by atoms with Crippen LogP contribution >= 0.6 is 11.6 Å². The molecule has 0 aliphatic heterocycles. The van der Waals surface area contributed by atoms with Crippen molar-refractivity contribution in [3.63, 3.8) is 0 Å². The second kappa shape index (κ2) is 6.11. The molecular weight excluding hydrogens is 270 g/mol. The van der Waals surface area contributed by atoms with Gasteiger partial charge in [0.2, 0.25) is 0 Å². The van der Waals surface area contributed by atoms with Gasteiger partial charge in [-0.25, -0.2) is 8.78 Å². The Morgan fingerprint density at radius 2 is 1.22 bits per heavy atom. The molecule has 0 bridgehead atoms. The molecular formula is C14H13ClF2Si. The Kier molecular flexibility index (Phi) is 4.50. The van der Waals surface area contributed by atoms with E-state index in [1.54, 1.807) is 24.3 Å². The number of benzene rings is 2. The molecule has 0 spiro atoms. The van der Waals surface area contributed by atoms with Crippen molar-refractivity contribution >= 4 is 21.1 Å². The van der Waals surface area contributed by atoms with Crippen molar-refractivity contribution in [3.8, 4) is 0 Å². The van der Waals surface area contributed by atoms with Gasteiger partial charge in [-0.2, -0.15) is 0 Å². The fourth-order valence-corrected chi connectivity index (χ4v) is 4.11. The first-order valence-electron chi connectivity index (χ1n) is 5.77. The van der Waals surface area contributed by atoms with E-state index in [9.17, 15) is 8.78 Å². The van der Waals surface area contributed by atoms with Crippen LogP contribution in [0.5, 0.6) is 0 Å². The van der Waals surface area contributed by atoms with Crippen LogP contribution in [0.2, 0.25) is 0 Å². The van der Waals surface area contributed by atoms with Gasteiger partial charge in [0, 0.05) is 5.50 Å². The molecule has 2 aromatic rings. The van der Waals surface area contributed by atoms with E-state index in [0.29, 0.717) is 5.50 Å². The molecule has 0 unspecified atom stereocenters. The van der Waals surface area contributed by atoms with Gasteiger partial charge < -0.3 is 0 Å². The highest BCUT2D eigenvalue weighted by Gasteiger charge is 2.14. The number of halogens is 3. The van der Waals surface area contributed by atoms with E-state index in [1.165, 1.54) is 24.3 Å². The topological polar surface area (TPSA) is 0 Å².